The van der Waals surface area contributed by atoms with E-state index in [4.69, 9.17) is 27.9 Å². The summed E-state index contributed by atoms with van der Waals surface area (Å²) in [6.07, 6.45) is 0. The molecule has 0 spiro atoms. The summed E-state index contributed by atoms with van der Waals surface area (Å²) in [6, 6.07) is 10.1. The number of benzene rings is 2. The molecule has 0 saturated carbocycles. The molecule has 1 amide bonds. The van der Waals surface area contributed by atoms with Crippen LogP contribution in [0.25, 0.3) is 0 Å². The van der Waals surface area contributed by atoms with Crippen molar-refractivity contribution in [1.29, 1.82) is 0 Å². The van der Waals surface area contributed by atoms with Gasteiger partial charge in [0.05, 0.1) is 5.02 Å². The molecule has 6 heteroatoms. The van der Waals surface area contributed by atoms with E-state index < -0.39 is 0 Å². The smallest absolute Gasteiger partial charge is 0.246 e. The largest absolute Gasteiger partial charge is 0.456 e. The first-order chi connectivity index (χ1) is 10.1. The highest BCUT2D eigenvalue weighted by Gasteiger charge is 2.29. The summed E-state index contributed by atoms with van der Waals surface area (Å²) >= 11 is 12.0. The van der Waals surface area contributed by atoms with E-state index in [0.717, 1.165) is 11.3 Å². The lowest BCUT2D eigenvalue weighted by molar-refractivity contribution is -0.117. The highest BCUT2D eigenvalue weighted by atomic mass is 35.5. The molecule has 0 saturated heterocycles. The van der Waals surface area contributed by atoms with Gasteiger partial charge < -0.3 is 15.4 Å². The minimum atomic E-state index is -0.330. The molecule has 0 bridgehead atoms. The van der Waals surface area contributed by atoms with E-state index in [0.29, 0.717) is 21.5 Å². The maximum Gasteiger partial charge on any atom is 0.246 e. The molecular weight excluding hydrogens is 311 g/mol. The van der Waals surface area contributed by atoms with E-state index in [9.17, 15) is 4.79 Å². The van der Waals surface area contributed by atoms with Gasteiger partial charge in [0, 0.05) is 28.4 Å². The van der Waals surface area contributed by atoms with Gasteiger partial charge in [0.2, 0.25) is 5.91 Å². The van der Waals surface area contributed by atoms with Gasteiger partial charge >= 0.3 is 0 Å². The highest BCUT2D eigenvalue weighted by Crippen LogP contribution is 2.37. The first-order valence-corrected chi connectivity index (χ1v) is 7.09. The van der Waals surface area contributed by atoms with Gasteiger partial charge in [0.25, 0.3) is 0 Å². The molecular formula is C15H12Cl2N2O2. The van der Waals surface area contributed by atoms with E-state index >= 15 is 0 Å². The van der Waals surface area contributed by atoms with E-state index in [1.54, 1.807) is 37.4 Å². The average Bonchev–Trinajstić information content (AvgIpc) is 2.77. The lowest BCUT2D eigenvalue weighted by Gasteiger charge is -2.10. The minimum Gasteiger partial charge on any atom is -0.456 e. The Morgan fingerprint density at radius 2 is 2.00 bits per heavy atom. The van der Waals surface area contributed by atoms with Crippen molar-refractivity contribution in [3.05, 3.63) is 52.0 Å². The van der Waals surface area contributed by atoms with Gasteiger partial charge in [-0.15, -0.1) is 0 Å². The predicted molar refractivity (Wildman–Crippen MR) is 83.4 cm³/mol. The number of ether oxygens (including phenoxy) is 1. The fraction of sp³-hybridized carbons (Fsp3) is 0.133. The Kier molecular flexibility index (Phi) is 3.76. The molecule has 108 valence electrons. The molecule has 2 aromatic carbocycles. The van der Waals surface area contributed by atoms with Crippen LogP contribution in [0.5, 0.6) is 11.5 Å². The van der Waals surface area contributed by atoms with Crippen LogP contribution in [0.2, 0.25) is 10.0 Å². The molecule has 1 atom stereocenters. The molecule has 1 aliphatic heterocycles. The summed E-state index contributed by atoms with van der Waals surface area (Å²) in [5.74, 6) is 0.971. The number of anilines is 1. The summed E-state index contributed by atoms with van der Waals surface area (Å²) in [5, 5.41) is 6.78. The number of rotatable bonds is 3. The maximum atomic E-state index is 11.8. The van der Waals surface area contributed by atoms with Gasteiger partial charge in [0.15, 0.2) is 0 Å². The van der Waals surface area contributed by atoms with Crippen molar-refractivity contribution in [2.24, 2.45) is 0 Å². The summed E-state index contributed by atoms with van der Waals surface area (Å²) < 4.78 is 5.73. The molecule has 1 unspecified atom stereocenters. The molecule has 3 rings (SSSR count). The van der Waals surface area contributed by atoms with E-state index in [2.05, 4.69) is 10.6 Å². The first kappa shape index (κ1) is 14.2. The van der Waals surface area contributed by atoms with E-state index in [1.807, 2.05) is 6.07 Å². The van der Waals surface area contributed by atoms with E-state index in [-0.39, 0.29) is 11.9 Å². The van der Waals surface area contributed by atoms with Crippen LogP contribution in [-0.2, 0) is 4.79 Å². The quantitative estimate of drug-likeness (QED) is 0.898. The van der Waals surface area contributed by atoms with Crippen molar-refractivity contribution in [2.75, 3.05) is 12.4 Å². The van der Waals surface area contributed by atoms with E-state index in [1.165, 1.54) is 0 Å². The molecule has 0 aromatic heterocycles. The van der Waals surface area contributed by atoms with Crippen LogP contribution < -0.4 is 15.4 Å². The number of likely N-dealkylation sites (N-methyl/N-ethyl adjacent to an activating group) is 1. The normalized spacial score (nSPS) is 16.5. The van der Waals surface area contributed by atoms with Gasteiger partial charge in [0.1, 0.15) is 17.5 Å². The summed E-state index contributed by atoms with van der Waals surface area (Å²) in [5.41, 5.74) is 1.63. The Morgan fingerprint density at radius 1 is 1.19 bits per heavy atom. The number of carbonyl (C=O) groups excluding carboxylic acids is 1. The third kappa shape index (κ3) is 2.70. The number of fused-ring (bicyclic) bond motifs is 1. The van der Waals surface area contributed by atoms with Gasteiger partial charge in [-0.3, -0.25) is 4.79 Å². The average molecular weight is 323 g/mol. The summed E-state index contributed by atoms with van der Waals surface area (Å²) in [7, 11) is 1.75. The van der Waals surface area contributed by atoms with Gasteiger partial charge in [-0.05, 0) is 25.2 Å². The standard InChI is InChI=1S/C15H12Cl2N2O2/c1-18-14-10-4-3-9(7-12(10)19-15(14)20)21-13-6-8(16)2-5-11(13)17/h2-7,14,18H,1H3,(H,19,20). The Labute approximate surface area is 132 Å². The molecule has 4 nitrogen and oxygen atoms in total. The molecule has 0 radical (unpaired) electrons. The van der Waals surface area contributed by atoms with Gasteiger partial charge in [-0.25, -0.2) is 0 Å². The Morgan fingerprint density at radius 3 is 2.76 bits per heavy atom. The molecule has 2 N–H and O–H groups in total. The second kappa shape index (κ2) is 5.56. The van der Waals surface area contributed by atoms with Crippen molar-refractivity contribution < 1.29 is 9.53 Å². The van der Waals surface area contributed by atoms with Crippen molar-refractivity contribution in [2.45, 2.75) is 6.04 Å². The number of hydrogen-bond acceptors (Lipinski definition) is 3. The SMILES string of the molecule is CNC1C(=O)Nc2cc(Oc3cc(Cl)ccc3Cl)ccc21. The zero-order chi connectivity index (χ0) is 15.0. The van der Waals surface area contributed by atoms with Crippen LogP contribution >= 0.6 is 23.2 Å². The monoisotopic (exact) mass is 322 g/mol. The van der Waals surface area contributed by atoms with Crippen molar-refractivity contribution in [1.82, 2.24) is 5.32 Å². The molecule has 0 aliphatic carbocycles. The van der Waals surface area contributed by atoms with Crippen LogP contribution in [0.15, 0.2) is 36.4 Å². The third-order valence-electron chi connectivity index (χ3n) is 3.27. The predicted octanol–water partition coefficient (Wildman–Crippen LogP) is 4.00. The lowest BCUT2D eigenvalue weighted by Crippen LogP contribution is -2.23. The van der Waals surface area contributed by atoms with Crippen LogP contribution in [0.4, 0.5) is 5.69 Å². The number of halogens is 2. The van der Waals surface area contributed by atoms with Crippen LogP contribution in [-0.4, -0.2) is 13.0 Å². The fourth-order valence-electron chi connectivity index (χ4n) is 2.27. The minimum absolute atomic E-state index is 0.0783. The maximum absolute atomic E-state index is 11.8. The van der Waals surface area contributed by atoms with Crippen molar-refractivity contribution >= 4 is 34.8 Å². The Bertz CT molecular complexity index is 719. The zero-order valence-corrected chi connectivity index (χ0v) is 12.6. The highest BCUT2D eigenvalue weighted by molar-refractivity contribution is 6.34. The zero-order valence-electron chi connectivity index (χ0n) is 11.1. The van der Waals surface area contributed by atoms with Gasteiger partial charge in [-0.1, -0.05) is 29.3 Å². The van der Waals surface area contributed by atoms with Crippen molar-refractivity contribution in [3.63, 3.8) is 0 Å². The van der Waals surface area contributed by atoms with Crippen molar-refractivity contribution in [3.8, 4) is 11.5 Å². The molecule has 1 aliphatic rings. The Balaban J connectivity index is 1.90. The molecule has 0 fully saturated rings. The van der Waals surface area contributed by atoms with Gasteiger partial charge in [-0.2, -0.15) is 0 Å². The number of hydrogen-bond donors (Lipinski definition) is 2. The molecule has 2 aromatic rings. The number of amides is 1. The second-order valence-corrected chi connectivity index (χ2v) is 5.48. The summed E-state index contributed by atoms with van der Waals surface area (Å²) in [6.45, 7) is 0. The third-order valence-corrected chi connectivity index (χ3v) is 3.81. The van der Waals surface area contributed by atoms with Crippen LogP contribution in [0.3, 0.4) is 0 Å². The van der Waals surface area contributed by atoms with Crippen LogP contribution in [0.1, 0.15) is 11.6 Å². The number of carbonyl (C=O) groups is 1. The second-order valence-electron chi connectivity index (χ2n) is 4.64. The van der Waals surface area contributed by atoms with Crippen LogP contribution in [0, 0.1) is 0 Å². The first-order valence-electron chi connectivity index (χ1n) is 6.33. The topological polar surface area (TPSA) is 50.4 Å². The summed E-state index contributed by atoms with van der Waals surface area (Å²) in [4.78, 5) is 11.8. The lowest BCUT2D eigenvalue weighted by atomic mass is 10.1. The fourth-order valence-corrected chi connectivity index (χ4v) is 2.59. The molecule has 21 heavy (non-hydrogen) atoms. The number of nitrogens with one attached hydrogen (secondary N) is 2. The Hall–Kier alpha value is -1.75. The molecule has 1 heterocycles.